The molecule has 0 atom stereocenters. The van der Waals surface area contributed by atoms with Gasteiger partial charge in [0.05, 0.1) is 13.5 Å². The Morgan fingerprint density at radius 1 is 1.08 bits per heavy atom. The third kappa shape index (κ3) is 3.91. The van der Waals surface area contributed by atoms with Crippen LogP contribution in [0.5, 0.6) is 5.75 Å². The summed E-state index contributed by atoms with van der Waals surface area (Å²) in [4.78, 5) is 12.2. The molecule has 0 aliphatic heterocycles. The smallest absolute Gasteiger partial charge is 0.322 e. The molecule has 0 unspecified atom stereocenters. The van der Waals surface area contributed by atoms with Crippen LogP contribution in [0.2, 0.25) is 0 Å². The molecule has 0 bridgehead atoms. The molecule has 134 valence electrons. The number of rotatable bonds is 5. The molecule has 0 spiro atoms. The third-order valence-corrected chi connectivity index (χ3v) is 4.11. The molecule has 1 aromatic heterocycles. The number of hydrogen-bond donors (Lipinski definition) is 1. The maximum atomic E-state index is 12.2. The van der Waals surface area contributed by atoms with E-state index in [0.29, 0.717) is 5.89 Å². The van der Waals surface area contributed by atoms with Crippen molar-refractivity contribution in [3.8, 4) is 17.2 Å². The number of ether oxygens (including phenoxy) is 1. The van der Waals surface area contributed by atoms with Crippen LogP contribution in [0.4, 0.5) is 6.01 Å². The molecule has 0 aliphatic carbocycles. The molecule has 1 N–H and O–H groups in total. The van der Waals surface area contributed by atoms with E-state index in [9.17, 15) is 4.79 Å². The number of nitrogens with one attached hydrogen (secondary N) is 1. The average molecular weight is 351 g/mol. The Kier molecular flexibility index (Phi) is 5.02. The lowest BCUT2D eigenvalue weighted by Gasteiger charge is -2.07. The summed E-state index contributed by atoms with van der Waals surface area (Å²) in [5.41, 5.74) is 4.92. The molecule has 0 aliphatic rings. The first kappa shape index (κ1) is 17.7. The summed E-state index contributed by atoms with van der Waals surface area (Å²) in [6, 6.07) is 11.7. The average Bonchev–Trinajstić information content (AvgIpc) is 3.03. The number of hydrogen-bond acceptors (Lipinski definition) is 5. The lowest BCUT2D eigenvalue weighted by Crippen LogP contribution is -2.14. The lowest BCUT2D eigenvalue weighted by atomic mass is 10.1. The molecule has 0 saturated carbocycles. The molecule has 0 radical (unpaired) electrons. The van der Waals surface area contributed by atoms with Crippen LogP contribution in [0.15, 0.2) is 40.8 Å². The summed E-state index contributed by atoms with van der Waals surface area (Å²) in [7, 11) is 1.62. The van der Waals surface area contributed by atoms with Gasteiger partial charge in [-0.3, -0.25) is 10.1 Å². The Balaban J connectivity index is 1.69. The van der Waals surface area contributed by atoms with Crippen LogP contribution in [0.3, 0.4) is 0 Å². The van der Waals surface area contributed by atoms with Gasteiger partial charge in [0.15, 0.2) is 0 Å². The molecule has 26 heavy (non-hydrogen) atoms. The summed E-state index contributed by atoms with van der Waals surface area (Å²) in [5.74, 6) is 0.965. The molecule has 3 rings (SSSR count). The van der Waals surface area contributed by atoms with E-state index in [-0.39, 0.29) is 18.3 Å². The zero-order valence-corrected chi connectivity index (χ0v) is 15.3. The number of benzene rings is 2. The van der Waals surface area contributed by atoms with Crippen LogP contribution in [0.1, 0.15) is 22.3 Å². The van der Waals surface area contributed by atoms with E-state index in [1.54, 1.807) is 7.11 Å². The Morgan fingerprint density at radius 2 is 1.88 bits per heavy atom. The summed E-state index contributed by atoms with van der Waals surface area (Å²) in [6.45, 7) is 5.95. The Bertz CT molecular complexity index is 947. The molecule has 6 nitrogen and oxygen atoms in total. The highest BCUT2D eigenvalue weighted by molar-refractivity contribution is 5.90. The van der Waals surface area contributed by atoms with Gasteiger partial charge < -0.3 is 9.15 Å². The van der Waals surface area contributed by atoms with Crippen LogP contribution in [0.25, 0.3) is 11.5 Å². The topological polar surface area (TPSA) is 77.2 Å². The number of aryl methyl sites for hydroxylation is 3. The second-order valence-electron chi connectivity index (χ2n) is 6.26. The van der Waals surface area contributed by atoms with Crippen molar-refractivity contribution < 1.29 is 13.9 Å². The maximum absolute atomic E-state index is 12.2. The van der Waals surface area contributed by atoms with Crippen LogP contribution >= 0.6 is 0 Å². The van der Waals surface area contributed by atoms with E-state index in [4.69, 9.17) is 9.15 Å². The third-order valence-electron chi connectivity index (χ3n) is 4.11. The fourth-order valence-corrected chi connectivity index (χ4v) is 2.84. The van der Waals surface area contributed by atoms with Crippen molar-refractivity contribution in [1.82, 2.24) is 10.2 Å². The van der Waals surface area contributed by atoms with Gasteiger partial charge >= 0.3 is 6.01 Å². The van der Waals surface area contributed by atoms with Gasteiger partial charge in [-0.05, 0) is 49.6 Å². The number of anilines is 1. The summed E-state index contributed by atoms with van der Waals surface area (Å²) in [5, 5.41) is 10.6. The minimum absolute atomic E-state index is 0.0928. The highest BCUT2D eigenvalue weighted by atomic mass is 16.5. The van der Waals surface area contributed by atoms with Gasteiger partial charge in [-0.1, -0.05) is 34.9 Å². The predicted molar refractivity (Wildman–Crippen MR) is 99.3 cm³/mol. The van der Waals surface area contributed by atoms with Crippen molar-refractivity contribution in [1.29, 1.82) is 0 Å². The second-order valence-corrected chi connectivity index (χ2v) is 6.26. The Hall–Kier alpha value is -3.15. The number of carbonyl (C=O) groups is 1. The van der Waals surface area contributed by atoms with Gasteiger partial charge in [-0.15, -0.1) is 5.10 Å². The molecule has 0 saturated heterocycles. The van der Waals surface area contributed by atoms with E-state index in [1.807, 2.05) is 57.2 Å². The van der Waals surface area contributed by atoms with Crippen molar-refractivity contribution in [2.75, 3.05) is 12.4 Å². The molecule has 0 fully saturated rings. The van der Waals surface area contributed by atoms with Gasteiger partial charge in [0.2, 0.25) is 11.8 Å². The van der Waals surface area contributed by atoms with Gasteiger partial charge in [-0.25, -0.2) is 0 Å². The van der Waals surface area contributed by atoms with E-state index < -0.39 is 0 Å². The van der Waals surface area contributed by atoms with Crippen molar-refractivity contribution in [3.63, 3.8) is 0 Å². The van der Waals surface area contributed by atoms with E-state index in [2.05, 4.69) is 15.5 Å². The molecule has 1 amide bonds. The molecule has 6 heteroatoms. The van der Waals surface area contributed by atoms with Crippen LogP contribution in [-0.2, 0) is 11.2 Å². The lowest BCUT2D eigenvalue weighted by molar-refractivity contribution is -0.115. The first-order chi connectivity index (χ1) is 12.5. The first-order valence-electron chi connectivity index (χ1n) is 8.31. The number of aromatic nitrogens is 2. The van der Waals surface area contributed by atoms with E-state index in [0.717, 1.165) is 33.6 Å². The summed E-state index contributed by atoms with van der Waals surface area (Å²) < 4.78 is 10.8. The zero-order valence-electron chi connectivity index (χ0n) is 15.3. The van der Waals surface area contributed by atoms with Crippen molar-refractivity contribution in [2.45, 2.75) is 27.2 Å². The summed E-state index contributed by atoms with van der Waals surface area (Å²) in [6.07, 6.45) is 0.214. The van der Waals surface area contributed by atoms with Crippen molar-refractivity contribution in [3.05, 3.63) is 58.7 Å². The quantitative estimate of drug-likeness (QED) is 0.755. The maximum Gasteiger partial charge on any atom is 0.322 e. The minimum atomic E-state index is -0.217. The highest BCUT2D eigenvalue weighted by Crippen LogP contribution is 2.24. The molecular formula is C20H21N3O3. The van der Waals surface area contributed by atoms with Crippen molar-refractivity contribution >= 4 is 11.9 Å². The number of amides is 1. The minimum Gasteiger partial charge on any atom is -0.496 e. The molecule has 1 heterocycles. The van der Waals surface area contributed by atoms with Crippen LogP contribution in [-0.4, -0.2) is 23.2 Å². The predicted octanol–water partition coefficient (Wildman–Crippen LogP) is 3.85. The van der Waals surface area contributed by atoms with Gasteiger partial charge in [0.25, 0.3) is 0 Å². The standard InChI is InChI=1S/C20H21N3O3/c1-12-5-7-16(13(2)9-12)19-22-23-20(26-19)21-18(24)11-15-6-8-17(25-4)14(3)10-15/h5-10H,11H2,1-4H3,(H,21,23,24). The van der Waals surface area contributed by atoms with Crippen LogP contribution < -0.4 is 10.1 Å². The second kappa shape index (κ2) is 7.39. The monoisotopic (exact) mass is 351 g/mol. The van der Waals surface area contributed by atoms with Gasteiger partial charge in [0.1, 0.15) is 5.75 Å². The number of nitrogens with zero attached hydrogens (tertiary/aromatic N) is 2. The van der Waals surface area contributed by atoms with Gasteiger partial charge in [-0.2, -0.15) is 0 Å². The SMILES string of the molecule is COc1ccc(CC(=O)Nc2nnc(-c3ccc(C)cc3C)o2)cc1C. The normalized spacial score (nSPS) is 10.6. The molecule has 2 aromatic carbocycles. The Labute approximate surface area is 152 Å². The van der Waals surface area contributed by atoms with Crippen LogP contribution in [0, 0.1) is 20.8 Å². The first-order valence-corrected chi connectivity index (χ1v) is 8.31. The molecule has 3 aromatic rings. The van der Waals surface area contributed by atoms with Crippen molar-refractivity contribution in [2.24, 2.45) is 0 Å². The fourth-order valence-electron chi connectivity index (χ4n) is 2.84. The number of carbonyl (C=O) groups excluding carboxylic acids is 1. The largest absolute Gasteiger partial charge is 0.496 e. The zero-order chi connectivity index (χ0) is 18.7. The highest BCUT2D eigenvalue weighted by Gasteiger charge is 2.14. The number of methoxy groups -OCH3 is 1. The fraction of sp³-hybridized carbons (Fsp3) is 0.250. The van der Waals surface area contributed by atoms with Gasteiger partial charge in [0, 0.05) is 5.56 Å². The van der Waals surface area contributed by atoms with E-state index in [1.165, 1.54) is 0 Å². The Morgan fingerprint density at radius 3 is 2.58 bits per heavy atom. The van der Waals surface area contributed by atoms with E-state index >= 15 is 0 Å². The summed E-state index contributed by atoms with van der Waals surface area (Å²) >= 11 is 0. The molecular weight excluding hydrogens is 330 g/mol.